The average molecular weight is 839 g/mol. The minimum absolute atomic E-state index is 0.0883. The zero-order valence-electron chi connectivity index (χ0n) is 36.7. The summed E-state index contributed by atoms with van der Waals surface area (Å²) in [6, 6.07) is 81.0. The van der Waals surface area contributed by atoms with Gasteiger partial charge in [-0.1, -0.05) is 190 Å². The Morgan fingerprint density at radius 1 is 0.288 bits per heavy atom. The van der Waals surface area contributed by atoms with Gasteiger partial charge in [0.25, 0.3) is 0 Å². The minimum atomic E-state index is -0.0883. The minimum Gasteiger partial charge on any atom is -0.456 e. The highest BCUT2D eigenvalue weighted by molar-refractivity contribution is 6.23. The summed E-state index contributed by atoms with van der Waals surface area (Å²) >= 11 is 0. The molecule has 12 aromatic carbocycles. The van der Waals surface area contributed by atoms with Crippen molar-refractivity contribution < 1.29 is 4.42 Å². The van der Waals surface area contributed by atoms with Crippen LogP contribution in [-0.4, -0.2) is 0 Å². The molecule has 0 fully saturated rings. The lowest BCUT2D eigenvalue weighted by Gasteiger charge is -2.23. The molecular formula is C65H42O. The quantitative estimate of drug-likeness (QED) is 0.127. The maximum absolute atomic E-state index is 6.57. The van der Waals surface area contributed by atoms with Gasteiger partial charge in [0.1, 0.15) is 11.2 Å². The van der Waals surface area contributed by atoms with Crippen LogP contribution in [0, 0.1) is 0 Å². The first-order valence-electron chi connectivity index (χ1n) is 23.1. The molecule has 0 radical (unpaired) electrons. The second kappa shape index (κ2) is 13.9. The molecule has 0 saturated heterocycles. The molecule has 1 aliphatic carbocycles. The van der Waals surface area contributed by atoms with Crippen molar-refractivity contribution in [1.82, 2.24) is 0 Å². The lowest BCUT2D eigenvalue weighted by molar-refractivity contribution is 0.666. The Labute approximate surface area is 382 Å². The molecule has 1 heteroatoms. The normalized spacial score (nSPS) is 13.1. The van der Waals surface area contributed by atoms with Crippen LogP contribution >= 0.6 is 0 Å². The summed E-state index contributed by atoms with van der Waals surface area (Å²) in [4.78, 5) is 0. The molecule has 1 aliphatic rings. The van der Waals surface area contributed by atoms with E-state index in [9.17, 15) is 0 Å². The van der Waals surface area contributed by atoms with E-state index in [-0.39, 0.29) is 5.41 Å². The van der Waals surface area contributed by atoms with Gasteiger partial charge in [0.15, 0.2) is 0 Å². The summed E-state index contributed by atoms with van der Waals surface area (Å²) in [6.07, 6.45) is 0. The highest BCUT2D eigenvalue weighted by Crippen LogP contribution is 2.53. The molecule has 1 aromatic heterocycles. The molecule has 0 aliphatic heterocycles. The van der Waals surface area contributed by atoms with Crippen molar-refractivity contribution in [3.05, 3.63) is 230 Å². The van der Waals surface area contributed by atoms with Gasteiger partial charge in [0, 0.05) is 16.2 Å². The van der Waals surface area contributed by atoms with E-state index in [1.807, 2.05) is 0 Å². The lowest BCUT2D eigenvalue weighted by Crippen LogP contribution is -2.15. The van der Waals surface area contributed by atoms with Crippen LogP contribution in [0.15, 0.2) is 223 Å². The molecular weight excluding hydrogens is 797 g/mol. The second-order valence-corrected chi connectivity index (χ2v) is 18.7. The maximum atomic E-state index is 6.57. The van der Waals surface area contributed by atoms with Crippen LogP contribution < -0.4 is 0 Å². The van der Waals surface area contributed by atoms with Crippen molar-refractivity contribution in [2.24, 2.45) is 0 Å². The highest BCUT2D eigenvalue weighted by atomic mass is 16.3. The molecule has 66 heavy (non-hydrogen) atoms. The lowest BCUT2D eigenvalue weighted by atomic mass is 9.80. The van der Waals surface area contributed by atoms with Gasteiger partial charge in [-0.3, -0.25) is 0 Å². The van der Waals surface area contributed by atoms with Gasteiger partial charge >= 0.3 is 0 Å². The summed E-state index contributed by atoms with van der Waals surface area (Å²) in [7, 11) is 0. The van der Waals surface area contributed by atoms with E-state index in [0.717, 1.165) is 21.9 Å². The first-order chi connectivity index (χ1) is 32.5. The number of fused-ring (bicyclic) bond motifs is 13. The van der Waals surface area contributed by atoms with Crippen LogP contribution in [0.5, 0.6) is 0 Å². The predicted molar refractivity (Wildman–Crippen MR) is 281 cm³/mol. The summed E-state index contributed by atoms with van der Waals surface area (Å²) in [6.45, 7) is 4.74. The van der Waals surface area contributed by atoms with Crippen LogP contribution in [0.25, 0.3) is 131 Å². The molecule has 1 nitrogen and oxygen atoms in total. The third-order valence-electron chi connectivity index (χ3n) is 14.8. The zero-order valence-corrected chi connectivity index (χ0v) is 36.7. The molecule has 0 spiro atoms. The van der Waals surface area contributed by atoms with Gasteiger partial charge in [0.2, 0.25) is 0 Å². The van der Waals surface area contributed by atoms with Crippen molar-refractivity contribution in [2.75, 3.05) is 0 Å². The van der Waals surface area contributed by atoms with Crippen LogP contribution in [-0.2, 0) is 5.41 Å². The van der Waals surface area contributed by atoms with E-state index in [0.29, 0.717) is 0 Å². The average Bonchev–Trinajstić information content (AvgIpc) is 3.85. The Balaban J connectivity index is 0.918. The number of rotatable bonds is 4. The number of hydrogen-bond donors (Lipinski definition) is 0. The van der Waals surface area contributed by atoms with E-state index in [4.69, 9.17) is 4.42 Å². The SMILES string of the molecule is CC1(C)c2ccc(-c3ccc4oc5ccc(-c6c7ccccc7c(-c7cccc(-c8cc9ccccc9c9ccccc89)c7)c7ccccc67)cc5c4c3)cc2-c2ccc3ccccc3c21. The summed E-state index contributed by atoms with van der Waals surface area (Å²) in [5.74, 6) is 0. The first-order valence-corrected chi connectivity index (χ1v) is 23.1. The third kappa shape index (κ3) is 5.35. The molecule has 0 N–H and O–H groups in total. The molecule has 308 valence electrons. The largest absolute Gasteiger partial charge is 0.456 e. The Bertz CT molecular complexity index is 4140. The third-order valence-corrected chi connectivity index (χ3v) is 14.8. The Morgan fingerprint density at radius 3 is 1.50 bits per heavy atom. The molecule has 0 amide bonds. The van der Waals surface area contributed by atoms with Crippen LogP contribution in [0.3, 0.4) is 0 Å². The predicted octanol–water partition coefficient (Wildman–Crippen LogP) is 18.3. The van der Waals surface area contributed by atoms with Gasteiger partial charge in [-0.2, -0.15) is 0 Å². The fourth-order valence-electron chi connectivity index (χ4n) is 11.8. The fourth-order valence-corrected chi connectivity index (χ4v) is 11.8. The van der Waals surface area contributed by atoms with Crippen molar-refractivity contribution in [3.63, 3.8) is 0 Å². The smallest absolute Gasteiger partial charge is 0.135 e. The van der Waals surface area contributed by atoms with Crippen LogP contribution in [0.1, 0.15) is 25.0 Å². The summed E-state index contributed by atoms with van der Waals surface area (Å²) < 4.78 is 6.57. The maximum Gasteiger partial charge on any atom is 0.135 e. The van der Waals surface area contributed by atoms with Gasteiger partial charge in [-0.05, 0) is 163 Å². The van der Waals surface area contributed by atoms with E-state index >= 15 is 0 Å². The van der Waals surface area contributed by atoms with Gasteiger partial charge in [-0.25, -0.2) is 0 Å². The van der Waals surface area contributed by atoms with Crippen molar-refractivity contribution in [2.45, 2.75) is 19.3 Å². The second-order valence-electron chi connectivity index (χ2n) is 18.7. The van der Waals surface area contributed by atoms with Gasteiger partial charge in [-0.15, -0.1) is 0 Å². The highest BCUT2D eigenvalue weighted by Gasteiger charge is 2.37. The van der Waals surface area contributed by atoms with E-state index in [2.05, 4.69) is 232 Å². The standard InChI is InChI=1S/C65H42O/c1-65(2)59-31-27-40(35-56(59)54-30-26-39-14-3-6-19-47(39)64(54)65)41-28-32-60-57(36-41)58-38-45(29-33-61(58)66-60)63-52-24-11-9-22-50(52)62(51-23-10-12-25-53(51)63)44-17-13-16-42(34-44)55-37-43-15-4-5-18-46(43)48-20-7-8-21-49(48)55/h3-38H,1-2H3. The van der Waals surface area contributed by atoms with Crippen molar-refractivity contribution in [1.29, 1.82) is 0 Å². The monoisotopic (exact) mass is 838 g/mol. The van der Waals surface area contributed by atoms with Crippen LogP contribution in [0.2, 0.25) is 0 Å². The van der Waals surface area contributed by atoms with E-state index in [1.165, 1.54) is 121 Å². The number of furan rings is 1. The Kier molecular flexibility index (Phi) is 7.81. The fraction of sp³-hybridized carbons (Fsp3) is 0.0462. The number of hydrogen-bond acceptors (Lipinski definition) is 1. The molecule has 0 saturated carbocycles. The van der Waals surface area contributed by atoms with Gasteiger partial charge in [0.05, 0.1) is 0 Å². The topological polar surface area (TPSA) is 13.1 Å². The van der Waals surface area contributed by atoms with Crippen LogP contribution in [0.4, 0.5) is 0 Å². The zero-order chi connectivity index (χ0) is 43.7. The molecule has 1 heterocycles. The summed E-state index contributed by atoms with van der Waals surface area (Å²) in [5.41, 5.74) is 16.9. The summed E-state index contributed by atoms with van der Waals surface area (Å²) in [5, 5.41) is 14.9. The molecule has 0 atom stereocenters. The van der Waals surface area contributed by atoms with Crippen molar-refractivity contribution >= 4 is 75.8 Å². The molecule has 13 aromatic rings. The van der Waals surface area contributed by atoms with Crippen molar-refractivity contribution in [3.8, 4) is 55.6 Å². The molecule has 14 rings (SSSR count). The molecule has 0 unspecified atom stereocenters. The number of benzene rings is 12. The first kappa shape index (κ1) is 37.1. The van der Waals surface area contributed by atoms with E-state index in [1.54, 1.807) is 0 Å². The van der Waals surface area contributed by atoms with Gasteiger partial charge < -0.3 is 4.42 Å². The van der Waals surface area contributed by atoms with E-state index < -0.39 is 0 Å². The Morgan fingerprint density at radius 2 is 0.803 bits per heavy atom. The Hall–Kier alpha value is -8.26. The molecule has 0 bridgehead atoms.